The zero-order valence-corrected chi connectivity index (χ0v) is 18.4. The summed E-state index contributed by atoms with van der Waals surface area (Å²) in [6.45, 7) is 9.79. The van der Waals surface area contributed by atoms with Crippen molar-refractivity contribution >= 4 is 21.9 Å². The van der Waals surface area contributed by atoms with E-state index in [2.05, 4.69) is 6.58 Å². The summed E-state index contributed by atoms with van der Waals surface area (Å²) in [5.41, 5.74) is 3.52. The third-order valence-electron chi connectivity index (χ3n) is 5.66. The van der Waals surface area contributed by atoms with Gasteiger partial charge in [0.15, 0.2) is 11.5 Å². The summed E-state index contributed by atoms with van der Waals surface area (Å²) >= 11 is 0. The number of methoxy groups -OCH3 is 2. The molecule has 31 heavy (non-hydrogen) atoms. The fourth-order valence-electron chi connectivity index (χ4n) is 4.04. The Hall–Kier alpha value is -3.41. The highest BCUT2D eigenvalue weighted by molar-refractivity contribution is 5.98. The molecule has 1 aliphatic heterocycles. The van der Waals surface area contributed by atoms with E-state index in [1.54, 1.807) is 12.1 Å². The fraction of sp³-hybridized carbons (Fsp3) is 0.320. The van der Waals surface area contributed by atoms with Gasteiger partial charge in [0.1, 0.15) is 34.2 Å². The molecule has 1 aromatic heterocycles. The molecular formula is C25H26O6. The third kappa shape index (κ3) is 3.32. The first-order valence-corrected chi connectivity index (χ1v) is 10.1. The maximum atomic E-state index is 13.7. The van der Waals surface area contributed by atoms with E-state index < -0.39 is 0 Å². The van der Waals surface area contributed by atoms with Crippen molar-refractivity contribution in [2.75, 3.05) is 14.2 Å². The molecule has 0 spiro atoms. The molecule has 0 amide bonds. The highest BCUT2D eigenvalue weighted by atomic mass is 16.5. The van der Waals surface area contributed by atoms with Crippen LogP contribution in [0.5, 0.6) is 23.0 Å². The first kappa shape index (κ1) is 20.8. The predicted molar refractivity (Wildman–Crippen MR) is 121 cm³/mol. The fourth-order valence-corrected chi connectivity index (χ4v) is 4.04. The van der Waals surface area contributed by atoms with Crippen LogP contribution in [0, 0.1) is 0 Å². The maximum Gasteiger partial charge on any atom is 0.204 e. The minimum absolute atomic E-state index is 0.102. The lowest BCUT2D eigenvalue weighted by molar-refractivity contribution is 0.271. The maximum absolute atomic E-state index is 13.7. The van der Waals surface area contributed by atoms with Crippen molar-refractivity contribution in [3.05, 3.63) is 57.3 Å². The topological polar surface area (TPSA) is 78.1 Å². The SMILES string of the molecule is C=C(C)[C@H]1Cc2c(cc3oc4cc(OC)c(OC)c(CC=C(C)C)c4c(=O)c3c2O)O1. The number of allylic oxidation sites excluding steroid dienone is 2. The number of fused-ring (bicyclic) bond motifs is 3. The van der Waals surface area contributed by atoms with Crippen molar-refractivity contribution in [2.45, 2.75) is 39.7 Å². The van der Waals surface area contributed by atoms with Gasteiger partial charge in [0, 0.05) is 29.7 Å². The van der Waals surface area contributed by atoms with Crippen molar-refractivity contribution in [3.8, 4) is 23.0 Å². The molecule has 0 bridgehead atoms. The molecule has 4 rings (SSSR count). The second-order valence-electron chi connectivity index (χ2n) is 8.11. The molecule has 6 nitrogen and oxygen atoms in total. The Morgan fingerprint density at radius 1 is 1.19 bits per heavy atom. The van der Waals surface area contributed by atoms with Gasteiger partial charge >= 0.3 is 0 Å². The minimum atomic E-state index is -0.312. The van der Waals surface area contributed by atoms with Crippen molar-refractivity contribution in [2.24, 2.45) is 0 Å². The number of benzene rings is 2. The zero-order chi connectivity index (χ0) is 22.4. The average Bonchev–Trinajstić information content (AvgIpc) is 3.15. The van der Waals surface area contributed by atoms with Gasteiger partial charge in [-0.15, -0.1) is 0 Å². The molecule has 0 saturated carbocycles. The Labute approximate surface area is 180 Å². The standard InChI is InChI=1S/C25H26O6/c1-12(2)7-8-14-21-18(11-20(28-5)25(14)29-6)31-19-10-17-15(9-16(30-17)13(3)4)23(26)22(19)24(21)27/h7,10-11,16,26H,3,8-9H2,1-2,4-6H3/t16-/m1/s1. The van der Waals surface area contributed by atoms with Crippen LogP contribution in [-0.4, -0.2) is 25.4 Å². The van der Waals surface area contributed by atoms with Gasteiger partial charge in [-0.25, -0.2) is 0 Å². The van der Waals surface area contributed by atoms with Crippen LogP contribution in [-0.2, 0) is 12.8 Å². The monoisotopic (exact) mass is 422 g/mol. The second-order valence-corrected chi connectivity index (χ2v) is 8.11. The van der Waals surface area contributed by atoms with E-state index in [0.29, 0.717) is 52.2 Å². The van der Waals surface area contributed by atoms with E-state index in [0.717, 1.165) is 11.1 Å². The van der Waals surface area contributed by atoms with Crippen LogP contribution in [0.1, 0.15) is 31.9 Å². The molecule has 1 aliphatic rings. The van der Waals surface area contributed by atoms with E-state index >= 15 is 0 Å². The van der Waals surface area contributed by atoms with Crippen molar-refractivity contribution in [3.63, 3.8) is 0 Å². The Kier molecular flexibility index (Phi) is 5.17. The second kappa shape index (κ2) is 7.69. The molecule has 0 radical (unpaired) electrons. The van der Waals surface area contributed by atoms with Crippen LogP contribution in [0.4, 0.5) is 0 Å². The van der Waals surface area contributed by atoms with Gasteiger partial charge in [0.2, 0.25) is 5.43 Å². The van der Waals surface area contributed by atoms with Crippen LogP contribution in [0.3, 0.4) is 0 Å². The molecule has 1 N–H and O–H groups in total. The Morgan fingerprint density at radius 3 is 2.52 bits per heavy atom. The van der Waals surface area contributed by atoms with E-state index in [9.17, 15) is 9.90 Å². The minimum Gasteiger partial charge on any atom is -0.507 e. The van der Waals surface area contributed by atoms with Crippen LogP contribution in [0.25, 0.3) is 21.9 Å². The summed E-state index contributed by atoms with van der Waals surface area (Å²) in [5, 5.41) is 11.5. The Balaban J connectivity index is 2.09. The summed E-state index contributed by atoms with van der Waals surface area (Å²) in [7, 11) is 3.08. The van der Waals surface area contributed by atoms with E-state index in [4.69, 9.17) is 18.6 Å². The molecule has 162 valence electrons. The summed E-state index contributed by atoms with van der Waals surface area (Å²) in [5.74, 6) is 1.35. The van der Waals surface area contributed by atoms with E-state index in [1.807, 2.05) is 26.8 Å². The molecule has 0 saturated heterocycles. The lowest BCUT2D eigenvalue weighted by Crippen LogP contribution is -2.13. The molecule has 0 fully saturated rings. The quantitative estimate of drug-likeness (QED) is 0.458. The third-order valence-corrected chi connectivity index (χ3v) is 5.66. The molecule has 6 heteroatoms. The van der Waals surface area contributed by atoms with Crippen LogP contribution in [0.15, 0.2) is 45.1 Å². The van der Waals surface area contributed by atoms with Crippen LogP contribution < -0.4 is 19.6 Å². The molecule has 0 aliphatic carbocycles. The number of aromatic hydroxyl groups is 1. The first-order valence-electron chi connectivity index (χ1n) is 10.1. The van der Waals surface area contributed by atoms with Gasteiger partial charge in [0.25, 0.3) is 0 Å². The highest BCUT2D eigenvalue weighted by Crippen LogP contribution is 2.44. The largest absolute Gasteiger partial charge is 0.507 e. The normalized spacial score (nSPS) is 14.9. The lowest BCUT2D eigenvalue weighted by Gasteiger charge is -2.15. The molecular weight excluding hydrogens is 396 g/mol. The predicted octanol–water partition coefficient (Wildman–Crippen LogP) is 5.06. The van der Waals surface area contributed by atoms with Gasteiger partial charge in [-0.05, 0) is 32.8 Å². The highest BCUT2D eigenvalue weighted by Gasteiger charge is 2.30. The van der Waals surface area contributed by atoms with Gasteiger partial charge in [-0.2, -0.15) is 0 Å². The zero-order valence-electron chi connectivity index (χ0n) is 18.4. The molecule has 1 atom stereocenters. The number of hydrogen-bond acceptors (Lipinski definition) is 6. The van der Waals surface area contributed by atoms with E-state index in [1.165, 1.54) is 14.2 Å². The lowest BCUT2D eigenvalue weighted by atomic mass is 9.98. The van der Waals surface area contributed by atoms with Crippen molar-refractivity contribution in [1.82, 2.24) is 0 Å². The smallest absolute Gasteiger partial charge is 0.204 e. The van der Waals surface area contributed by atoms with Gasteiger partial charge < -0.3 is 23.7 Å². The van der Waals surface area contributed by atoms with Crippen LogP contribution in [0.2, 0.25) is 0 Å². The summed E-state index contributed by atoms with van der Waals surface area (Å²) < 4.78 is 23.1. The molecule has 0 unspecified atom stereocenters. The number of phenolic OH excluding ortho intramolecular Hbond substituents is 1. The number of rotatable bonds is 5. The average molecular weight is 422 g/mol. The summed E-state index contributed by atoms with van der Waals surface area (Å²) in [4.78, 5) is 13.7. The number of hydrogen-bond donors (Lipinski definition) is 1. The van der Waals surface area contributed by atoms with E-state index in [-0.39, 0.29) is 28.3 Å². The summed E-state index contributed by atoms with van der Waals surface area (Å²) in [6.07, 6.45) is 2.69. The van der Waals surface area contributed by atoms with Gasteiger partial charge in [-0.3, -0.25) is 4.79 Å². The van der Waals surface area contributed by atoms with Crippen molar-refractivity contribution < 1.29 is 23.7 Å². The Morgan fingerprint density at radius 2 is 1.90 bits per heavy atom. The van der Waals surface area contributed by atoms with Crippen molar-refractivity contribution in [1.29, 1.82) is 0 Å². The number of ether oxygens (including phenoxy) is 3. The molecule has 2 heterocycles. The number of phenols is 1. The van der Waals surface area contributed by atoms with Gasteiger partial charge in [-0.1, -0.05) is 18.2 Å². The first-order chi connectivity index (χ1) is 14.8. The Bertz CT molecular complexity index is 1310. The molecule has 3 aromatic rings. The van der Waals surface area contributed by atoms with Gasteiger partial charge in [0.05, 0.1) is 19.6 Å². The van der Waals surface area contributed by atoms with Crippen LogP contribution >= 0.6 is 0 Å². The summed E-state index contributed by atoms with van der Waals surface area (Å²) in [6, 6.07) is 3.31. The molecule has 2 aromatic carbocycles.